The van der Waals surface area contributed by atoms with Crippen molar-refractivity contribution in [1.82, 2.24) is 0 Å². The van der Waals surface area contributed by atoms with E-state index in [9.17, 15) is 9.59 Å². The third-order valence-corrected chi connectivity index (χ3v) is 3.10. The van der Waals surface area contributed by atoms with Crippen LogP contribution in [0.5, 0.6) is 0 Å². The lowest BCUT2D eigenvalue weighted by atomic mass is 10.0. The van der Waals surface area contributed by atoms with E-state index in [-0.39, 0.29) is 12.2 Å². The Kier molecular flexibility index (Phi) is 5.18. The van der Waals surface area contributed by atoms with Crippen LogP contribution in [0.3, 0.4) is 0 Å². The van der Waals surface area contributed by atoms with Crippen molar-refractivity contribution in [2.45, 2.75) is 24.3 Å². The molecule has 1 unspecified atom stereocenters. The van der Waals surface area contributed by atoms with Gasteiger partial charge in [0, 0.05) is 16.9 Å². The second-order valence-electron chi connectivity index (χ2n) is 3.53. The number of nitrogens with two attached hydrogens (primary N) is 1. The van der Waals surface area contributed by atoms with E-state index in [0.29, 0.717) is 5.56 Å². The third kappa shape index (κ3) is 4.20. The van der Waals surface area contributed by atoms with Crippen LogP contribution >= 0.6 is 11.8 Å². The average Bonchev–Trinajstić information content (AvgIpc) is 2.30. The highest BCUT2D eigenvalue weighted by atomic mass is 32.2. The number of carbonyl (C=O) groups is 2. The van der Waals surface area contributed by atoms with Gasteiger partial charge in [-0.3, -0.25) is 9.59 Å². The lowest BCUT2D eigenvalue weighted by molar-refractivity contribution is -0.138. The molecule has 0 radical (unpaired) electrons. The molecule has 0 heterocycles. The Morgan fingerprint density at radius 2 is 1.94 bits per heavy atom. The van der Waals surface area contributed by atoms with Crippen LogP contribution in [0, 0.1) is 0 Å². The molecule has 17 heavy (non-hydrogen) atoms. The fourth-order valence-corrected chi connectivity index (χ4v) is 1.97. The van der Waals surface area contributed by atoms with Gasteiger partial charge in [-0.1, -0.05) is 19.1 Å². The molecule has 0 fully saturated rings. The molecule has 0 bridgehead atoms. The topological polar surface area (TPSA) is 80.4 Å². The molecule has 3 N–H and O–H groups in total. The highest BCUT2D eigenvalue weighted by molar-refractivity contribution is 7.99. The molecule has 0 aliphatic heterocycles. The Bertz CT molecular complexity index is 403. The number of hydrogen-bond acceptors (Lipinski definition) is 4. The van der Waals surface area contributed by atoms with E-state index in [2.05, 4.69) is 6.92 Å². The molecule has 1 aromatic carbocycles. The molecule has 5 heteroatoms. The van der Waals surface area contributed by atoms with Crippen LogP contribution in [0.4, 0.5) is 0 Å². The van der Waals surface area contributed by atoms with Crippen molar-refractivity contribution in [1.29, 1.82) is 0 Å². The summed E-state index contributed by atoms with van der Waals surface area (Å²) >= 11 is 1.68. The molecule has 92 valence electrons. The molecule has 0 spiro atoms. The van der Waals surface area contributed by atoms with Gasteiger partial charge in [-0.15, -0.1) is 11.8 Å². The number of carbonyl (C=O) groups excluding carboxylic acids is 1. The van der Waals surface area contributed by atoms with E-state index < -0.39 is 12.0 Å². The molecule has 0 aromatic heterocycles. The number of rotatable bonds is 6. The zero-order valence-electron chi connectivity index (χ0n) is 9.55. The van der Waals surface area contributed by atoms with E-state index in [4.69, 9.17) is 10.8 Å². The number of benzene rings is 1. The third-order valence-electron chi connectivity index (χ3n) is 2.21. The van der Waals surface area contributed by atoms with E-state index >= 15 is 0 Å². The Labute approximate surface area is 104 Å². The molecule has 1 atom stereocenters. The van der Waals surface area contributed by atoms with Gasteiger partial charge in [0.25, 0.3) is 0 Å². The molecule has 0 aliphatic carbocycles. The smallest absolute Gasteiger partial charge is 0.320 e. The van der Waals surface area contributed by atoms with E-state index in [1.807, 2.05) is 12.1 Å². The van der Waals surface area contributed by atoms with E-state index in [1.54, 1.807) is 23.9 Å². The molecule has 0 saturated carbocycles. The van der Waals surface area contributed by atoms with Gasteiger partial charge >= 0.3 is 5.97 Å². The predicted molar refractivity (Wildman–Crippen MR) is 67.4 cm³/mol. The first-order chi connectivity index (χ1) is 8.04. The SMILES string of the molecule is CCSc1ccc(C(=O)CC(N)C(=O)O)cc1. The predicted octanol–water partition coefficient (Wildman–Crippen LogP) is 1.78. The van der Waals surface area contributed by atoms with Gasteiger partial charge in [0.15, 0.2) is 5.78 Å². The quantitative estimate of drug-likeness (QED) is 0.596. The van der Waals surface area contributed by atoms with Crippen LogP contribution < -0.4 is 5.73 Å². The molecule has 1 aromatic rings. The molecule has 0 amide bonds. The lowest BCUT2D eigenvalue weighted by Gasteiger charge is -2.06. The summed E-state index contributed by atoms with van der Waals surface area (Å²) in [4.78, 5) is 23.3. The fourth-order valence-electron chi connectivity index (χ4n) is 1.31. The number of carboxylic acids is 1. The molecular formula is C12H15NO3S. The van der Waals surface area contributed by atoms with Crippen molar-refractivity contribution < 1.29 is 14.7 Å². The minimum atomic E-state index is -1.16. The summed E-state index contributed by atoms with van der Waals surface area (Å²) in [5.41, 5.74) is 5.81. The molecule has 4 nitrogen and oxygen atoms in total. The van der Waals surface area contributed by atoms with Crippen LogP contribution in [-0.4, -0.2) is 28.7 Å². The zero-order valence-corrected chi connectivity index (χ0v) is 10.4. The Balaban J connectivity index is 2.66. The number of ketones is 1. The Hall–Kier alpha value is -1.33. The number of carboxylic acid groups (broad SMARTS) is 1. The Morgan fingerprint density at radius 3 is 2.41 bits per heavy atom. The van der Waals surface area contributed by atoms with Gasteiger partial charge in [0.1, 0.15) is 6.04 Å². The Morgan fingerprint density at radius 1 is 1.35 bits per heavy atom. The van der Waals surface area contributed by atoms with Crippen LogP contribution in [-0.2, 0) is 4.79 Å². The van der Waals surface area contributed by atoms with Gasteiger partial charge < -0.3 is 10.8 Å². The highest BCUT2D eigenvalue weighted by Crippen LogP contribution is 2.18. The summed E-state index contributed by atoms with van der Waals surface area (Å²) < 4.78 is 0. The highest BCUT2D eigenvalue weighted by Gasteiger charge is 2.17. The summed E-state index contributed by atoms with van der Waals surface area (Å²) in [5.74, 6) is -0.429. The first-order valence-electron chi connectivity index (χ1n) is 5.29. The second kappa shape index (κ2) is 6.42. The molecule has 0 aliphatic rings. The van der Waals surface area contributed by atoms with Gasteiger partial charge in [-0.05, 0) is 17.9 Å². The molecule has 1 rings (SSSR count). The lowest BCUT2D eigenvalue weighted by Crippen LogP contribution is -2.32. The summed E-state index contributed by atoms with van der Waals surface area (Å²) in [6, 6.07) is 5.98. The van der Waals surface area contributed by atoms with Crippen molar-refractivity contribution in [2.75, 3.05) is 5.75 Å². The minimum absolute atomic E-state index is 0.171. The van der Waals surface area contributed by atoms with Crippen LogP contribution in [0.1, 0.15) is 23.7 Å². The number of Topliss-reactive ketones (excluding diaryl/α,β-unsaturated/α-hetero) is 1. The van der Waals surface area contributed by atoms with Crippen molar-refractivity contribution in [3.05, 3.63) is 29.8 Å². The fraction of sp³-hybridized carbons (Fsp3) is 0.333. The largest absolute Gasteiger partial charge is 0.480 e. The summed E-state index contributed by atoms with van der Waals surface area (Å²) in [7, 11) is 0. The number of aliphatic carboxylic acids is 1. The zero-order chi connectivity index (χ0) is 12.8. The van der Waals surface area contributed by atoms with Gasteiger partial charge in [0.05, 0.1) is 0 Å². The van der Waals surface area contributed by atoms with Crippen molar-refractivity contribution >= 4 is 23.5 Å². The standard InChI is InChI=1S/C12H15NO3S/c1-2-17-9-5-3-8(4-6-9)11(14)7-10(13)12(15)16/h3-6,10H,2,7,13H2,1H3,(H,15,16). The second-order valence-corrected chi connectivity index (χ2v) is 4.87. The maximum Gasteiger partial charge on any atom is 0.320 e. The maximum absolute atomic E-state index is 11.7. The average molecular weight is 253 g/mol. The number of hydrogen-bond donors (Lipinski definition) is 2. The molecule has 0 saturated heterocycles. The summed E-state index contributed by atoms with van der Waals surface area (Å²) in [6.07, 6.45) is -0.171. The maximum atomic E-state index is 11.7. The van der Waals surface area contributed by atoms with Crippen molar-refractivity contribution in [2.24, 2.45) is 5.73 Å². The van der Waals surface area contributed by atoms with Crippen molar-refractivity contribution in [3.8, 4) is 0 Å². The first kappa shape index (κ1) is 13.7. The summed E-state index contributed by atoms with van der Waals surface area (Å²) in [5, 5.41) is 8.61. The summed E-state index contributed by atoms with van der Waals surface area (Å²) in [6.45, 7) is 2.05. The van der Waals surface area contributed by atoms with Crippen LogP contribution in [0.2, 0.25) is 0 Å². The van der Waals surface area contributed by atoms with Crippen LogP contribution in [0.15, 0.2) is 29.2 Å². The van der Waals surface area contributed by atoms with Gasteiger partial charge in [-0.2, -0.15) is 0 Å². The van der Waals surface area contributed by atoms with E-state index in [1.165, 1.54) is 0 Å². The van der Waals surface area contributed by atoms with Gasteiger partial charge in [-0.25, -0.2) is 0 Å². The normalized spacial score (nSPS) is 12.1. The first-order valence-corrected chi connectivity index (χ1v) is 6.27. The number of thioether (sulfide) groups is 1. The van der Waals surface area contributed by atoms with Crippen LogP contribution in [0.25, 0.3) is 0 Å². The van der Waals surface area contributed by atoms with Gasteiger partial charge in [0.2, 0.25) is 0 Å². The minimum Gasteiger partial charge on any atom is -0.480 e. The monoisotopic (exact) mass is 253 g/mol. The molecular weight excluding hydrogens is 238 g/mol. The van der Waals surface area contributed by atoms with E-state index in [0.717, 1.165) is 10.6 Å². The van der Waals surface area contributed by atoms with Crippen molar-refractivity contribution in [3.63, 3.8) is 0 Å².